The van der Waals surface area contributed by atoms with E-state index in [1.165, 1.54) is 10.9 Å². The summed E-state index contributed by atoms with van der Waals surface area (Å²) in [5.74, 6) is -1.56. The molecule has 1 aromatic carbocycles. The van der Waals surface area contributed by atoms with Gasteiger partial charge in [-0.1, -0.05) is 37.3 Å². The summed E-state index contributed by atoms with van der Waals surface area (Å²) in [4.78, 5) is 42.6. The van der Waals surface area contributed by atoms with Gasteiger partial charge in [0.25, 0.3) is 11.8 Å². The van der Waals surface area contributed by atoms with E-state index in [1.54, 1.807) is 20.8 Å². The van der Waals surface area contributed by atoms with E-state index < -0.39 is 23.5 Å². The van der Waals surface area contributed by atoms with Crippen molar-refractivity contribution in [3.05, 3.63) is 47.9 Å². The van der Waals surface area contributed by atoms with Crippen molar-refractivity contribution in [3.8, 4) is 0 Å². The number of amides is 3. The van der Waals surface area contributed by atoms with Crippen molar-refractivity contribution in [3.63, 3.8) is 0 Å². The number of nitrogens with two attached hydrogens (primary N) is 1. The summed E-state index contributed by atoms with van der Waals surface area (Å²) >= 11 is 0. The van der Waals surface area contributed by atoms with E-state index in [-0.39, 0.29) is 18.1 Å². The Labute approximate surface area is 169 Å². The van der Waals surface area contributed by atoms with Crippen LogP contribution in [-0.4, -0.2) is 46.1 Å². The van der Waals surface area contributed by atoms with Crippen molar-refractivity contribution in [1.29, 1.82) is 0 Å². The molecule has 0 saturated carbocycles. The number of anilines is 1. The number of benzene rings is 1. The van der Waals surface area contributed by atoms with E-state index >= 15 is 0 Å². The average molecular weight is 401 g/mol. The van der Waals surface area contributed by atoms with Crippen LogP contribution >= 0.6 is 0 Å². The molecule has 0 aliphatic heterocycles. The second kappa shape index (κ2) is 9.33. The van der Waals surface area contributed by atoms with Crippen molar-refractivity contribution < 1.29 is 19.1 Å². The number of rotatable bonds is 7. The highest BCUT2D eigenvalue weighted by molar-refractivity contribution is 6.15. The molecule has 0 unspecified atom stereocenters. The molecule has 3 N–H and O–H groups in total. The lowest BCUT2D eigenvalue weighted by Crippen LogP contribution is -2.46. The predicted octanol–water partition coefficient (Wildman–Crippen LogP) is 1.91. The van der Waals surface area contributed by atoms with E-state index in [0.29, 0.717) is 13.1 Å². The van der Waals surface area contributed by atoms with Gasteiger partial charge in [0.1, 0.15) is 5.60 Å². The number of nitrogens with zero attached hydrogens (tertiary/aromatic N) is 3. The molecule has 2 aromatic rings. The predicted molar refractivity (Wildman–Crippen MR) is 109 cm³/mol. The van der Waals surface area contributed by atoms with Gasteiger partial charge in [-0.05, 0) is 32.9 Å². The average Bonchev–Trinajstić information content (AvgIpc) is 3.02. The third-order valence-corrected chi connectivity index (χ3v) is 3.81. The fraction of sp³-hybridized carbons (Fsp3) is 0.400. The van der Waals surface area contributed by atoms with Crippen LogP contribution < -0.4 is 16.0 Å². The van der Waals surface area contributed by atoms with Crippen LogP contribution in [-0.2, 0) is 16.1 Å². The van der Waals surface area contributed by atoms with Crippen LogP contribution in [0.15, 0.2) is 36.7 Å². The molecule has 0 bridgehead atoms. The number of carbonyl (C=O) groups is 3. The summed E-state index contributed by atoms with van der Waals surface area (Å²) in [6.07, 6.45) is 0.452. The lowest BCUT2D eigenvalue weighted by molar-refractivity contribution is -0.117. The summed E-state index contributed by atoms with van der Waals surface area (Å²) < 4.78 is 6.86. The Kier molecular flexibility index (Phi) is 7.11. The zero-order valence-corrected chi connectivity index (χ0v) is 17.1. The lowest BCUT2D eigenvalue weighted by Gasteiger charge is -2.25. The number of likely N-dealkylation sites (N-methyl/N-ethyl adjacent to an activating group) is 1. The van der Waals surface area contributed by atoms with Crippen LogP contribution in [0.5, 0.6) is 0 Å². The van der Waals surface area contributed by atoms with Crippen LogP contribution in [0.3, 0.4) is 0 Å². The summed E-state index contributed by atoms with van der Waals surface area (Å²) in [5.41, 5.74) is 5.59. The molecular weight excluding hydrogens is 374 g/mol. The first kappa shape index (κ1) is 22.1. The van der Waals surface area contributed by atoms with E-state index in [4.69, 9.17) is 10.5 Å². The molecule has 156 valence electrons. The highest BCUT2D eigenvalue weighted by Crippen LogP contribution is 2.22. The zero-order valence-electron chi connectivity index (χ0n) is 17.1. The van der Waals surface area contributed by atoms with Gasteiger partial charge < -0.3 is 20.4 Å². The fourth-order valence-corrected chi connectivity index (χ4v) is 2.61. The Bertz CT molecular complexity index is 871. The molecule has 0 fully saturated rings. The number of imide groups is 1. The standard InChI is InChI=1S/C20H27N5O4/c1-5-22-11-15(26)25(19(28)29-20(2,3)4)18-16(17(21)27)24(13-23-18)12-14-9-7-6-8-10-14/h6-10,13,22H,5,11-12H2,1-4H3,(H2,21,27). The van der Waals surface area contributed by atoms with E-state index in [0.717, 1.165) is 10.5 Å². The maximum absolute atomic E-state index is 12.8. The number of primary amides is 1. The Morgan fingerprint density at radius 2 is 1.86 bits per heavy atom. The van der Waals surface area contributed by atoms with Gasteiger partial charge in [0.15, 0.2) is 11.5 Å². The topological polar surface area (TPSA) is 120 Å². The van der Waals surface area contributed by atoms with E-state index in [2.05, 4.69) is 10.3 Å². The minimum Gasteiger partial charge on any atom is -0.443 e. The van der Waals surface area contributed by atoms with Gasteiger partial charge in [0, 0.05) is 6.54 Å². The minimum atomic E-state index is -0.923. The SMILES string of the molecule is CCNCC(=O)N(C(=O)OC(C)(C)C)c1ncn(Cc2ccccc2)c1C(N)=O. The third kappa shape index (κ3) is 5.89. The third-order valence-electron chi connectivity index (χ3n) is 3.81. The van der Waals surface area contributed by atoms with Gasteiger partial charge >= 0.3 is 6.09 Å². The number of imidazole rings is 1. The van der Waals surface area contributed by atoms with Crippen LogP contribution in [0.1, 0.15) is 43.7 Å². The first-order valence-corrected chi connectivity index (χ1v) is 9.29. The minimum absolute atomic E-state index is 0.0513. The highest BCUT2D eigenvalue weighted by atomic mass is 16.6. The molecule has 0 atom stereocenters. The maximum atomic E-state index is 12.8. The van der Waals surface area contributed by atoms with Gasteiger partial charge in [-0.2, -0.15) is 4.90 Å². The highest BCUT2D eigenvalue weighted by Gasteiger charge is 2.34. The van der Waals surface area contributed by atoms with Crippen LogP contribution in [0.2, 0.25) is 0 Å². The monoisotopic (exact) mass is 401 g/mol. The molecule has 0 saturated heterocycles. The van der Waals surface area contributed by atoms with Gasteiger partial charge in [-0.15, -0.1) is 0 Å². The summed E-state index contributed by atoms with van der Waals surface area (Å²) in [5, 5.41) is 2.86. The van der Waals surface area contributed by atoms with Crippen LogP contribution in [0, 0.1) is 0 Å². The summed E-state index contributed by atoms with van der Waals surface area (Å²) in [6, 6.07) is 9.37. The van der Waals surface area contributed by atoms with Crippen LogP contribution in [0.4, 0.5) is 10.6 Å². The molecule has 0 aliphatic rings. The molecule has 2 rings (SSSR count). The fourth-order valence-electron chi connectivity index (χ4n) is 2.61. The Morgan fingerprint density at radius 1 is 1.21 bits per heavy atom. The van der Waals surface area contributed by atoms with E-state index in [1.807, 2.05) is 37.3 Å². The second-order valence-electron chi connectivity index (χ2n) is 7.38. The number of hydrogen-bond acceptors (Lipinski definition) is 6. The molecule has 3 amide bonds. The number of nitrogens with one attached hydrogen (secondary N) is 1. The molecule has 9 heteroatoms. The molecular formula is C20H27N5O4. The Hall–Kier alpha value is -3.20. The normalized spacial score (nSPS) is 11.2. The van der Waals surface area contributed by atoms with Gasteiger partial charge in [0.2, 0.25) is 0 Å². The van der Waals surface area contributed by atoms with Crippen molar-refractivity contribution in [2.24, 2.45) is 5.73 Å². The Balaban J connectivity index is 2.47. The van der Waals surface area contributed by atoms with Gasteiger partial charge in [-0.25, -0.2) is 9.78 Å². The number of hydrogen-bond donors (Lipinski definition) is 2. The Morgan fingerprint density at radius 3 is 2.41 bits per heavy atom. The van der Waals surface area contributed by atoms with Gasteiger partial charge in [0.05, 0.1) is 12.9 Å². The zero-order chi connectivity index (χ0) is 21.6. The molecule has 0 aliphatic carbocycles. The number of ether oxygens (including phenoxy) is 1. The summed E-state index contributed by atoms with van der Waals surface area (Å²) in [7, 11) is 0. The molecule has 0 spiro atoms. The number of carbonyl (C=O) groups excluding carboxylic acids is 3. The van der Waals surface area contributed by atoms with Crippen molar-refractivity contribution in [2.75, 3.05) is 18.0 Å². The molecule has 9 nitrogen and oxygen atoms in total. The van der Waals surface area contributed by atoms with E-state index in [9.17, 15) is 14.4 Å². The second-order valence-corrected chi connectivity index (χ2v) is 7.38. The quantitative estimate of drug-likeness (QED) is 0.731. The number of aromatic nitrogens is 2. The van der Waals surface area contributed by atoms with Crippen molar-refractivity contribution in [2.45, 2.75) is 39.8 Å². The maximum Gasteiger partial charge on any atom is 0.423 e. The lowest BCUT2D eigenvalue weighted by atomic mass is 10.2. The molecule has 29 heavy (non-hydrogen) atoms. The molecule has 1 aromatic heterocycles. The summed E-state index contributed by atoms with van der Waals surface area (Å²) in [6.45, 7) is 7.57. The molecule has 0 radical (unpaired) electrons. The smallest absolute Gasteiger partial charge is 0.423 e. The van der Waals surface area contributed by atoms with Gasteiger partial charge in [-0.3, -0.25) is 9.59 Å². The van der Waals surface area contributed by atoms with Crippen molar-refractivity contribution >= 4 is 23.7 Å². The molecule has 1 heterocycles. The first-order valence-electron chi connectivity index (χ1n) is 9.29. The van der Waals surface area contributed by atoms with Crippen molar-refractivity contribution in [1.82, 2.24) is 14.9 Å². The largest absolute Gasteiger partial charge is 0.443 e. The first-order chi connectivity index (χ1) is 13.6. The van der Waals surface area contributed by atoms with Crippen LogP contribution in [0.25, 0.3) is 0 Å².